The molecule has 1 atom stereocenters. The number of halogens is 1. The molecule has 0 heterocycles. The molecule has 0 saturated heterocycles. The maximum Gasteiger partial charge on any atom is 0.162 e. The summed E-state index contributed by atoms with van der Waals surface area (Å²) >= 11 is 5.76. The third-order valence-corrected chi connectivity index (χ3v) is 4.36. The molecule has 0 aromatic heterocycles. The summed E-state index contributed by atoms with van der Waals surface area (Å²) in [6.07, 6.45) is 11.5. The fourth-order valence-corrected chi connectivity index (χ4v) is 2.35. The summed E-state index contributed by atoms with van der Waals surface area (Å²) in [4.78, 5) is 0. The van der Waals surface area contributed by atoms with Crippen LogP contribution < -0.4 is 0 Å². The second-order valence-electron chi connectivity index (χ2n) is 6.68. The Morgan fingerprint density at radius 3 is 2.04 bits per heavy atom. The molecule has 0 aromatic rings. The maximum atomic E-state index is 9.71. The van der Waals surface area contributed by atoms with Crippen LogP contribution in [0.25, 0.3) is 0 Å². The molecule has 134 valence electrons. The summed E-state index contributed by atoms with van der Waals surface area (Å²) in [5.74, 6) is 0.773. The minimum absolute atomic E-state index is 0.162. The Kier molecular flexibility index (Phi) is 12.3. The van der Waals surface area contributed by atoms with Gasteiger partial charge < -0.3 is 5.11 Å². The number of rotatable bonds is 10. The number of aliphatic hydroxyl groups is 1. The van der Waals surface area contributed by atoms with Crippen LogP contribution in [0.2, 0.25) is 0 Å². The normalized spacial score (nSPS) is 15.6. The van der Waals surface area contributed by atoms with Gasteiger partial charge in [-0.15, -0.1) is 11.6 Å². The van der Waals surface area contributed by atoms with E-state index in [0.29, 0.717) is 5.88 Å². The minimum Gasteiger partial charge on any atom is -0.374 e. The average Bonchev–Trinajstić information content (AvgIpc) is 2.54. The molecule has 2 nitrogen and oxygen atoms in total. The molecule has 0 aliphatic carbocycles. The van der Waals surface area contributed by atoms with Gasteiger partial charge in [0, 0.05) is 5.88 Å². The SMILES string of the molecule is C/C(=C\CC/C(C)=C/CC/C(C)=C/C=C(\C(C)C)C(O)C#N)CCl. The van der Waals surface area contributed by atoms with E-state index in [2.05, 4.69) is 32.9 Å². The molecule has 0 spiro atoms. The smallest absolute Gasteiger partial charge is 0.162 e. The highest BCUT2D eigenvalue weighted by Gasteiger charge is 2.12. The van der Waals surface area contributed by atoms with Gasteiger partial charge >= 0.3 is 0 Å². The van der Waals surface area contributed by atoms with E-state index in [9.17, 15) is 5.11 Å². The summed E-state index contributed by atoms with van der Waals surface area (Å²) in [6.45, 7) is 10.3. The van der Waals surface area contributed by atoms with Gasteiger partial charge in [0.15, 0.2) is 6.10 Å². The van der Waals surface area contributed by atoms with Gasteiger partial charge in [-0.05, 0) is 57.9 Å². The molecule has 0 aromatic carbocycles. The molecule has 1 unspecified atom stereocenters. The van der Waals surface area contributed by atoms with Crippen molar-refractivity contribution in [1.82, 2.24) is 0 Å². The molecule has 24 heavy (non-hydrogen) atoms. The van der Waals surface area contributed by atoms with Gasteiger partial charge in [0.1, 0.15) is 0 Å². The first-order chi connectivity index (χ1) is 11.3. The van der Waals surface area contributed by atoms with Crippen molar-refractivity contribution in [3.8, 4) is 6.07 Å². The van der Waals surface area contributed by atoms with E-state index >= 15 is 0 Å². The van der Waals surface area contributed by atoms with Gasteiger partial charge in [-0.3, -0.25) is 0 Å². The third kappa shape index (κ3) is 10.5. The van der Waals surface area contributed by atoms with Gasteiger partial charge in [0.05, 0.1) is 6.07 Å². The van der Waals surface area contributed by atoms with E-state index in [4.69, 9.17) is 16.9 Å². The van der Waals surface area contributed by atoms with Crippen molar-refractivity contribution in [2.24, 2.45) is 5.92 Å². The fourth-order valence-electron chi connectivity index (χ4n) is 2.24. The highest BCUT2D eigenvalue weighted by molar-refractivity contribution is 6.19. The molecule has 0 aliphatic heterocycles. The van der Waals surface area contributed by atoms with Crippen molar-refractivity contribution in [2.45, 2.75) is 66.4 Å². The van der Waals surface area contributed by atoms with Gasteiger partial charge in [-0.2, -0.15) is 5.26 Å². The van der Waals surface area contributed by atoms with Gasteiger partial charge in [0.25, 0.3) is 0 Å². The van der Waals surface area contributed by atoms with Crippen LogP contribution in [0.4, 0.5) is 0 Å². The first kappa shape index (κ1) is 22.7. The monoisotopic (exact) mass is 349 g/mol. The summed E-state index contributed by atoms with van der Waals surface area (Å²) in [5.41, 5.74) is 4.65. The number of nitrogens with zero attached hydrogens (tertiary/aromatic N) is 1. The molecule has 0 saturated carbocycles. The standard InChI is InChI=1S/C21H32ClNO/c1-16(2)20(21(24)15-23)13-12-18(4)10-6-8-17(3)9-7-11-19(5)14-22/h8,11-13,16,21,24H,6-7,9-10,14H2,1-5H3/b17-8+,18-12+,19-11+,20-13+. The third-order valence-electron chi connectivity index (χ3n) is 3.94. The van der Waals surface area contributed by atoms with Crippen LogP contribution in [0, 0.1) is 17.2 Å². The molecular formula is C21H32ClNO. The molecule has 0 rings (SSSR count). The molecule has 3 heteroatoms. The number of nitriles is 1. The quantitative estimate of drug-likeness (QED) is 0.224. The largest absolute Gasteiger partial charge is 0.374 e. The average molecular weight is 350 g/mol. The minimum atomic E-state index is -1.01. The maximum absolute atomic E-state index is 9.71. The van der Waals surface area contributed by atoms with Crippen LogP contribution >= 0.6 is 11.6 Å². The Bertz CT molecular complexity index is 533. The Labute approximate surface area is 153 Å². The lowest BCUT2D eigenvalue weighted by molar-refractivity contribution is 0.254. The van der Waals surface area contributed by atoms with Gasteiger partial charge in [0.2, 0.25) is 0 Å². The van der Waals surface area contributed by atoms with Crippen LogP contribution in [-0.2, 0) is 0 Å². The zero-order chi connectivity index (χ0) is 18.5. The van der Waals surface area contributed by atoms with Crippen molar-refractivity contribution in [3.63, 3.8) is 0 Å². The number of hydrogen-bond acceptors (Lipinski definition) is 2. The lowest BCUT2D eigenvalue weighted by Crippen LogP contribution is -2.11. The summed E-state index contributed by atoms with van der Waals surface area (Å²) in [7, 11) is 0. The summed E-state index contributed by atoms with van der Waals surface area (Å²) < 4.78 is 0. The molecule has 1 N–H and O–H groups in total. The number of aliphatic hydroxyl groups excluding tert-OH is 1. The summed E-state index contributed by atoms with van der Waals surface area (Å²) in [6, 6.07) is 1.90. The van der Waals surface area contributed by atoms with E-state index in [1.807, 2.05) is 32.1 Å². The number of hydrogen-bond donors (Lipinski definition) is 1. The van der Waals surface area contributed by atoms with Gasteiger partial charge in [-0.1, -0.05) is 54.9 Å². The zero-order valence-electron chi connectivity index (χ0n) is 15.8. The molecule has 0 radical (unpaired) electrons. The van der Waals surface area contributed by atoms with E-state index in [-0.39, 0.29) is 5.92 Å². The van der Waals surface area contributed by atoms with E-state index in [1.165, 1.54) is 16.7 Å². The molecular weight excluding hydrogens is 318 g/mol. The fraction of sp³-hybridized carbons (Fsp3) is 0.571. The van der Waals surface area contributed by atoms with Crippen molar-refractivity contribution >= 4 is 11.6 Å². The molecule has 0 amide bonds. The second-order valence-corrected chi connectivity index (χ2v) is 6.95. The van der Waals surface area contributed by atoms with Crippen molar-refractivity contribution in [2.75, 3.05) is 5.88 Å². The lowest BCUT2D eigenvalue weighted by Gasteiger charge is -2.11. The summed E-state index contributed by atoms with van der Waals surface area (Å²) in [5, 5.41) is 18.6. The van der Waals surface area contributed by atoms with E-state index in [0.717, 1.165) is 31.3 Å². The van der Waals surface area contributed by atoms with Crippen molar-refractivity contribution in [1.29, 1.82) is 5.26 Å². The number of alkyl halides is 1. The van der Waals surface area contributed by atoms with Gasteiger partial charge in [-0.25, -0.2) is 0 Å². The van der Waals surface area contributed by atoms with Crippen LogP contribution in [-0.4, -0.2) is 17.1 Å². The molecule has 0 fully saturated rings. The predicted octanol–water partition coefficient (Wildman–Crippen LogP) is 6.09. The topological polar surface area (TPSA) is 44.0 Å². The van der Waals surface area contributed by atoms with E-state index < -0.39 is 6.10 Å². The zero-order valence-corrected chi connectivity index (χ0v) is 16.5. The van der Waals surface area contributed by atoms with Crippen LogP contribution in [0.1, 0.15) is 60.3 Å². The number of allylic oxidation sites excluding steroid dienone is 7. The Morgan fingerprint density at radius 2 is 1.54 bits per heavy atom. The van der Waals surface area contributed by atoms with Crippen LogP contribution in [0.5, 0.6) is 0 Å². The second kappa shape index (κ2) is 13.0. The first-order valence-electron chi connectivity index (χ1n) is 8.63. The Hall–Kier alpha value is -1.30. The highest BCUT2D eigenvalue weighted by Crippen LogP contribution is 2.16. The molecule has 0 bridgehead atoms. The van der Waals surface area contributed by atoms with E-state index in [1.54, 1.807) is 0 Å². The first-order valence-corrected chi connectivity index (χ1v) is 9.17. The Balaban J connectivity index is 4.49. The lowest BCUT2D eigenvalue weighted by atomic mass is 9.97. The van der Waals surface area contributed by atoms with Crippen molar-refractivity contribution < 1.29 is 5.11 Å². The Morgan fingerprint density at radius 1 is 1.00 bits per heavy atom. The highest BCUT2D eigenvalue weighted by atomic mass is 35.5. The van der Waals surface area contributed by atoms with Crippen LogP contribution in [0.15, 0.2) is 46.6 Å². The molecule has 0 aliphatic rings. The predicted molar refractivity (Wildman–Crippen MR) is 105 cm³/mol. The van der Waals surface area contributed by atoms with Crippen molar-refractivity contribution in [3.05, 3.63) is 46.6 Å². The van der Waals surface area contributed by atoms with Crippen LogP contribution in [0.3, 0.4) is 0 Å².